The average molecular weight is 324 g/mol. The van der Waals surface area contributed by atoms with Gasteiger partial charge in [0, 0.05) is 24.0 Å². The molecule has 124 valence electrons. The Morgan fingerprint density at radius 3 is 2.71 bits per heavy atom. The van der Waals surface area contributed by atoms with Crippen LogP contribution in [0.15, 0.2) is 36.5 Å². The van der Waals surface area contributed by atoms with Crippen molar-refractivity contribution >= 4 is 11.3 Å². The Morgan fingerprint density at radius 2 is 1.92 bits per heavy atom. The second kappa shape index (κ2) is 5.72. The van der Waals surface area contributed by atoms with E-state index in [1.165, 1.54) is 0 Å². The smallest absolute Gasteiger partial charge is 0.162 e. The monoisotopic (exact) mass is 324 g/mol. The van der Waals surface area contributed by atoms with Crippen LogP contribution in [0.1, 0.15) is 5.69 Å². The van der Waals surface area contributed by atoms with Crippen LogP contribution in [0.4, 0.5) is 5.69 Å². The van der Waals surface area contributed by atoms with E-state index in [1.807, 2.05) is 50.6 Å². The van der Waals surface area contributed by atoms with E-state index in [-0.39, 0.29) is 0 Å². The molecule has 0 amide bonds. The summed E-state index contributed by atoms with van der Waals surface area (Å²) in [5.41, 5.74) is 10.6. The number of fused-ring (bicyclic) bond motifs is 2. The highest BCUT2D eigenvalue weighted by Gasteiger charge is 2.18. The normalized spacial score (nSPS) is 13.6. The van der Waals surface area contributed by atoms with E-state index < -0.39 is 0 Å². The molecule has 0 aliphatic carbocycles. The molecule has 24 heavy (non-hydrogen) atoms. The van der Waals surface area contributed by atoms with Crippen LogP contribution in [0.2, 0.25) is 0 Å². The van der Waals surface area contributed by atoms with Gasteiger partial charge in [0.15, 0.2) is 11.5 Å². The molecule has 0 saturated carbocycles. The van der Waals surface area contributed by atoms with E-state index in [0.717, 1.165) is 40.6 Å². The van der Waals surface area contributed by atoms with Crippen molar-refractivity contribution in [1.29, 1.82) is 0 Å². The van der Waals surface area contributed by atoms with Crippen LogP contribution in [0, 0.1) is 0 Å². The lowest BCUT2D eigenvalue weighted by Crippen LogP contribution is -2.15. The molecule has 3 heterocycles. The molecule has 0 fully saturated rings. The lowest BCUT2D eigenvalue weighted by molar-refractivity contribution is 0.171. The summed E-state index contributed by atoms with van der Waals surface area (Å²) in [5, 5.41) is 0. The molecule has 0 radical (unpaired) electrons. The predicted molar refractivity (Wildman–Crippen MR) is 93.4 cm³/mol. The Morgan fingerprint density at radius 1 is 1.12 bits per heavy atom. The van der Waals surface area contributed by atoms with Crippen LogP contribution in [0.5, 0.6) is 11.5 Å². The van der Waals surface area contributed by atoms with Crippen molar-refractivity contribution < 1.29 is 9.47 Å². The van der Waals surface area contributed by atoms with Crippen LogP contribution >= 0.6 is 0 Å². The molecule has 4 rings (SSSR count). The minimum absolute atomic E-state index is 0.572. The highest BCUT2D eigenvalue weighted by atomic mass is 16.6. The van der Waals surface area contributed by atoms with E-state index >= 15 is 0 Å². The summed E-state index contributed by atoms with van der Waals surface area (Å²) < 4.78 is 13.4. The van der Waals surface area contributed by atoms with Crippen molar-refractivity contribution in [2.75, 3.05) is 33.0 Å². The van der Waals surface area contributed by atoms with Crippen molar-refractivity contribution in [2.24, 2.45) is 0 Å². The van der Waals surface area contributed by atoms with E-state index in [2.05, 4.69) is 9.30 Å². The molecule has 2 N–H and O–H groups in total. The Bertz CT molecular complexity index is 901. The number of aromatic nitrogens is 2. The minimum atomic E-state index is 0.572. The first-order valence-electron chi connectivity index (χ1n) is 7.93. The zero-order chi connectivity index (χ0) is 16.7. The third-order valence-electron chi connectivity index (χ3n) is 4.02. The zero-order valence-electron chi connectivity index (χ0n) is 13.8. The van der Waals surface area contributed by atoms with Crippen molar-refractivity contribution in [2.45, 2.75) is 6.54 Å². The van der Waals surface area contributed by atoms with Crippen LogP contribution in [0.25, 0.3) is 16.9 Å². The molecule has 6 heteroatoms. The summed E-state index contributed by atoms with van der Waals surface area (Å²) in [5.74, 6) is 1.55. The van der Waals surface area contributed by atoms with Gasteiger partial charge in [-0.2, -0.15) is 0 Å². The van der Waals surface area contributed by atoms with Crippen molar-refractivity contribution in [1.82, 2.24) is 14.3 Å². The Labute approximate surface area is 140 Å². The number of nitrogens with zero attached hydrogens (tertiary/aromatic N) is 3. The number of hydrogen-bond acceptors (Lipinski definition) is 5. The highest BCUT2D eigenvalue weighted by molar-refractivity contribution is 5.70. The molecule has 0 spiro atoms. The van der Waals surface area contributed by atoms with Gasteiger partial charge in [0.2, 0.25) is 0 Å². The summed E-state index contributed by atoms with van der Waals surface area (Å²) >= 11 is 0. The second-order valence-electron chi connectivity index (χ2n) is 6.19. The van der Waals surface area contributed by atoms with Gasteiger partial charge >= 0.3 is 0 Å². The number of benzene rings is 1. The topological polar surface area (TPSA) is 65.0 Å². The number of nitrogens with two attached hydrogens (primary N) is 1. The molecule has 3 aromatic rings. The number of anilines is 1. The summed E-state index contributed by atoms with van der Waals surface area (Å²) in [4.78, 5) is 6.93. The highest BCUT2D eigenvalue weighted by Crippen LogP contribution is 2.35. The predicted octanol–water partition coefficient (Wildman–Crippen LogP) is 2.42. The molecule has 1 aliphatic heterocycles. The third kappa shape index (κ3) is 2.55. The Hall–Kier alpha value is -2.73. The van der Waals surface area contributed by atoms with E-state index in [4.69, 9.17) is 20.2 Å². The SMILES string of the molecule is CN(C)Cc1c(-c2ccc3c(c2)OCCO3)nc2ccc(N)cn12. The molecule has 0 unspecified atom stereocenters. The molecule has 1 aliphatic rings. The van der Waals surface area contributed by atoms with Gasteiger partial charge in [-0.05, 0) is 44.4 Å². The maximum absolute atomic E-state index is 5.96. The fraction of sp³-hybridized carbons (Fsp3) is 0.278. The van der Waals surface area contributed by atoms with Gasteiger partial charge < -0.3 is 24.5 Å². The lowest BCUT2D eigenvalue weighted by atomic mass is 10.1. The largest absolute Gasteiger partial charge is 0.486 e. The second-order valence-corrected chi connectivity index (χ2v) is 6.19. The fourth-order valence-electron chi connectivity index (χ4n) is 2.98. The van der Waals surface area contributed by atoms with Crippen molar-refractivity contribution in [3.05, 3.63) is 42.2 Å². The first-order valence-corrected chi connectivity index (χ1v) is 7.93. The first-order chi connectivity index (χ1) is 11.6. The maximum Gasteiger partial charge on any atom is 0.162 e. The number of rotatable bonds is 3. The van der Waals surface area contributed by atoms with Gasteiger partial charge in [0.05, 0.1) is 11.4 Å². The fourth-order valence-corrected chi connectivity index (χ4v) is 2.98. The quantitative estimate of drug-likeness (QED) is 0.801. The number of imidazole rings is 1. The number of ether oxygens (including phenoxy) is 2. The van der Waals surface area contributed by atoms with Gasteiger partial charge in [0.25, 0.3) is 0 Å². The minimum Gasteiger partial charge on any atom is -0.486 e. The van der Waals surface area contributed by atoms with Gasteiger partial charge in [-0.25, -0.2) is 4.98 Å². The van der Waals surface area contributed by atoms with E-state index in [0.29, 0.717) is 18.9 Å². The molecule has 2 aromatic heterocycles. The van der Waals surface area contributed by atoms with Crippen LogP contribution in [0.3, 0.4) is 0 Å². The Kier molecular flexibility index (Phi) is 3.54. The van der Waals surface area contributed by atoms with Gasteiger partial charge in [-0.15, -0.1) is 0 Å². The number of pyridine rings is 1. The van der Waals surface area contributed by atoms with Crippen LogP contribution in [-0.4, -0.2) is 41.6 Å². The summed E-state index contributed by atoms with van der Waals surface area (Å²) in [6.07, 6.45) is 1.92. The van der Waals surface area contributed by atoms with Gasteiger partial charge in [0.1, 0.15) is 18.9 Å². The Balaban J connectivity index is 1.89. The number of nitrogen functional groups attached to an aromatic ring is 1. The van der Waals surface area contributed by atoms with Gasteiger partial charge in [-0.1, -0.05) is 0 Å². The summed E-state index contributed by atoms with van der Waals surface area (Å²) in [6.45, 7) is 1.92. The molecule has 0 saturated heterocycles. The standard InChI is InChI=1S/C18H20N4O2/c1-21(2)11-14-18(20-17-6-4-13(19)10-22(14)17)12-3-5-15-16(9-12)24-8-7-23-15/h3-6,9-10H,7-8,11,19H2,1-2H3. The zero-order valence-corrected chi connectivity index (χ0v) is 13.8. The molecule has 6 nitrogen and oxygen atoms in total. The summed E-state index contributed by atoms with van der Waals surface area (Å²) in [7, 11) is 4.08. The van der Waals surface area contributed by atoms with Gasteiger partial charge in [-0.3, -0.25) is 0 Å². The third-order valence-corrected chi connectivity index (χ3v) is 4.02. The first kappa shape index (κ1) is 14.8. The maximum atomic E-state index is 5.96. The molecular formula is C18H20N4O2. The van der Waals surface area contributed by atoms with Crippen LogP contribution in [-0.2, 0) is 6.54 Å². The molecule has 0 atom stereocenters. The average Bonchev–Trinajstić information content (AvgIpc) is 2.92. The molecule has 1 aromatic carbocycles. The van der Waals surface area contributed by atoms with E-state index in [9.17, 15) is 0 Å². The molecular weight excluding hydrogens is 304 g/mol. The molecule has 0 bridgehead atoms. The van der Waals surface area contributed by atoms with E-state index in [1.54, 1.807) is 0 Å². The summed E-state index contributed by atoms with van der Waals surface area (Å²) in [6, 6.07) is 9.78. The van der Waals surface area contributed by atoms with Crippen LogP contribution < -0.4 is 15.2 Å². The lowest BCUT2D eigenvalue weighted by Gasteiger charge is -2.19. The van der Waals surface area contributed by atoms with Crippen molar-refractivity contribution in [3.63, 3.8) is 0 Å². The van der Waals surface area contributed by atoms with Crippen molar-refractivity contribution in [3.8, 4) is 22.8 Å². The number of hydrogen-bond donors (Lipinski definition) is 1.